The molecule has 2 rings (SSSR count). The number of rotatable bonds is 0. The molecule has 0 amide bonds. The van der Waals surface area contributed by atoms with Crippen LogP contribution in [-0.2, 0) is 0 Å². The zero-order valence-corrected chi connectivity index (χ0v) is 6.56. The molecule has 0 fully saturated rings. The molecule has 0 atom stereocenters. The topological polar surface area (TPSA) is 54.7 Å². The molecule has 3 nitrogen and oxygen atoms in total. The number of hydrogen-bond acceptors (Lipinski definition) is 2. The van der Waals surface area contributed by atoms with Gasteiger partial charge in [-0.15, -0.1) is 12.4 Å². The van der Waals surface area contributed by atoms with Gasteiger partial charge in [-0.25, -0.2) is 0 Å². The Hall–Kier alpha value is -1.22. The van der Waals surface area contributed by atoms with Gasteiger partial charge in [0.15, 0.2) is 0 Å². The second-order valence-corrected chi connectivity index (χ2v) is 2.22. The number of nitrogens with one attached hydrogen (secondary N) is 1. The summed E-state index contributed by atoms with van der Waals surface area (Å²) in [7, 11) is 0. The highest BCUT2D eigenvalue weighted by atomic mass is 35.5. The lowest BCUT2D eigenvalue weighted by molar-refractivity contribution is 1.12. The highest BCUT2D eigenvalue weighted by Gasteiger charge is 1.92. The summed E-state index contributed by atoms with van der Waals surface area (Å²) in [4.78, 5) is 0. The van der Waals surface area contributed by atoms with E-state index in [1.165, 1.54) is 0 Å². The molecule has 0 aliphatic carbocycles. The van der Waals surface area contributed by atoms with Crippen LogP contribution in [-0.4, -0.2) is 10.2 Å². The Balaban J connectivity index is 0.000000605. The Labute approximate surface area is 70.0 Å². The number of anilines is 1. The Morgan fingerprint density at radius 2 is 2.18 bits per heavy atom. The van der Waals surface area contributed by atoms with E-state index in [0.717, 1.165) is 16.6 Å². The van der Waals surface area contributed by atoms with Crippen molar-refractivity contribution in [3.63, 3.8) is 0 Å². The molecule has 0 bridgehead atoms. The number of halogens is 1. The number of nitrogens with zero attached hydrogens (tertiary/aromatic N) is 1. The molecule has 0 aliphatic heterocycles. The number of nitrogen functional groups attached to an aromatic ring is 1. The van der Waals surface area contributed by atoms with Crippen molar-refractivity contribution in [2.75, 3.05) is 5.73 Å². The lowest BCUT2D eigenvalue weighted by Gasteiger charge is -1.89. The normalized spacial score (nSPS) is 9.45. The molecule has 0 unspecified atom stereocenters. The standard InChI is InChI=1S/C7H7N3.ClH/c8-6-2-1-5-4-9-10-7(5)3-6;/h1-4H,8H2,(H,9,10);1H. The Bertz CT molecular complexity index is 355. The quantitative estimate of drug-likeness (QED) is 0.589. The summed E-state index contributed by atoms with van der Waals surface area (Å²) in [6.45, 7) is 0. The minimum atomic E-state index is 0. The van der Waals surface area contributed by atoms with Crippen LogP contribution in [0.15, 0.2) is 24.4 Å². The van der Waals surface area contributed by atoms with Crippen molar-refractivity contribution in [1.29, 1.82) is 0 Å². The fourth-order valence-corrected chi connectivity index (χ4v) is 0.955. The minimum absolute atomic E-state index is 0. The first kappa shape index (κ1) is 7.88. The van der Waals surface area contributed by atoms with Crippen molar-refractivity contribution in [1.82, 2.24) is 10.2 Å². The van der Waals surface area contributed by atoms with E-state index in [2.05, 4.69) is 10.2 Å². The summed E-state index contributed by atoms with van der Waals surface area (Å²) in [6, 6.07) is 5.66. The van der Waals surface area contributed by atoms with Crippen molar-refractivity contribution in [3.05, 3.63) is 24.4 Å². The molecule has 0 spiro atoms. The Morgan fingerprint density at radius 3 is 3.00 bits per heavy atom. The number of hydrogen-bond donors (Lipinski definition) is 2. The van der Waals surface area contributed by atoms with E-state index in [0.29, 0.717) is 0 Å². The smallest absolute Gasteiger partial charge is 0.0670 e. The van der Waals surface area contributed by atoms with Crippen LogP contribution in [0.4, 0.5) is 5.69 Å². The van der Waals surface area contributed by atoms with Crippen molar-refractivity contribution < 1.29 is 0 Å². The molecule has 0 saturated heterocycles. The second kappa shape index (κ2) is 2.80. The first-order valence-corrected chi connectivity index (χ1v) is 3.05. The number of nitrogens with two attached hydrogens (primary N) is 1. The molecule has 4 heteroatoms. The maximum atomic E-state index is 5.54. The van der Waals surface area contributed by atoms with Crippen LogP contribution in [0.3, 0.4) is 0 Å². The zero-order chi connectivity index (χ0) is 6.97. The average Bonchev–Trinajstić information content (AvgIpc) is 2.33. The van der Waals surface area contributed by atoms with Crippen LogP contribution >= 0.6 is 12.4 Å². The van der Waals surface area contributed by atoms with Gasteiger partial charge in [-0.05, 0) is 18.2 Å². The Kier molecular flexibility index (Phi) is 2.01. The summed E-state index contributed by atoms with van der Waals surface area (Å²) < 4.78 is 0. The van der Waals surface area contributed by atoms with Crippen molar-refractivity contribution in [2.45, 2.75) is 0 Å². The summed E-state index contributed by atoms with van der Waals surface area (Å²) in [6.07, 6.45) is 1.77. The number of aromatic amines is 1. The first-order valence-electron chi connectivity index (χ1n) is 3.05. The number of aromatic nitrogens is 2. The molecule has 58 valence electrons. The maximum absolute atomic E-state index is 5.54. The van der Waals surface area contributed by atoms with E-state index >= 15 is 0 Å². The molecule has 11 heavy (non-hydrogen) atoms. The van der Waals surface area contributed by atoms with Crippen molar-refractivity contribution in [2.24, 2.45) is 0 Å². The van der Waals surface area contributed by atoms with Gasteiger partial charge in [0.25, 0.3) is 0 Å². The zero-order valence-electron chi connectivity index (χ0n) is 5.74. The highest BCUT2D eigenvalue weighted by Crippen LogP contribution is 2.12. The number of fused-ring (bicyclic) bond motifs is 1. The fourth-order valence-electron chi connectivity index (χ4n) is 0.955. The largest absolute Gasteiger partial charge is 0.399 e. The molecular weight excluding hydrogens is 162 g/mol. The van der Waals surface area contributed by atoms with Gasteiger partial charge >= 0.3 is 0 Å². The van der Waals surface area contributed by atoms with Crippen LogP contribution in [0.5, 0.6) is 0 Å². The molecule has 2 aromatic rings. The molecule has 0 radical (unpaired) electrons. The SMILES string of the molecule is Cl.Nc1ccc2cn[nH]c2c1. The second-order valence-electron chi connectivity index (χ2n) is 2.22. The lowest BCUT2D eigenvalue weighted by atomic mass is 10.2. The van der Waals surface area contributed by atoms with Crippen LogP contribution in [0.2, 0.25) is 0 Å². The molecule has 3 N–H and O–H groups in total. The summed E-state index contributed by atoms with van der Waals surface area (Å²) in [5.74, 6) is 0. The molecule has 0 aliphatic rings. The monoisotopic (exact) mass is 169 g/mol. The third-order valence-electron chi connectivity index (χ3n) is 1.47. The molecule has 1 aromatic heterocycles. The predicted octanol–water partition coefficient (Wildman–Crippen LogP) is 1.57. The molecular formula is C7H8ClN3. The van der Waals surface area contributed by atoms with Gasteiger partial charge in [0, 0.05) is 11.1 Å². The van der Waals surface area contributed by atoms with Gasteiger partial charge in [-0.2, -0.15) is 5.10 Å². The van der Waals surface area contributed by atoms with E-state index in [4.69, 9.17) is 5.73 Å². The predicted molar refractivity (Wildman–Crippen MR) is 47.8 cm³/mol. The van der Waals surface area contributed by atoms with Gasteiger partial charge in [0.05, 0.1) is 11.7 Å². The van der Waals surface area contributed by atoms with Crippen molar-refractivity contribution in [3.8, 4) is 0 Å². The summed E-state index contributed by atoms with van der Waals surface area (Å²) >= 11 is 0. The van der Waals surface area contributed by atoms with E-state index in [9.17, 15) is 0 Å². The van der Waals surface area contributed by atoms with Crippen LogP contribution < -0.4 is 5.73 Å². The van der Waals surface area contributed by atoms with Gasteiger partial charge in [0.2, 0.25) is 0 Å². The third kappa shape index (κ3) is 1.28. The molecule has 1 heterocycles. The molecule has 1 aromatic carbocycles. The van der Waals surface area contributed by atoms with E-state index in [-0.39, 0.29) is 12.4 Å². The van der Waals surface area contributed by atoms with Gasteiger partial charge in [0.1, 0.15) is 0 Å². The maximum Gasteiger partial charge on any atom is 0.0670 e. The first-order chi connectivity index (χ1) is 4.86. The average molecular weight is 170 g/mol. The summed E-state index contributed by atoms with van der Waals surface area (Å²) in [5, 5.41) is 7.78. The fraction of sp³-hybridized carbons (Fsp3) is 0. The lowest BCUT2D eigenvalue weighted by Crippen LogP contribution is -1.81. The van der Waals surface area contributed by atoms with Crippen LogP contribution in [0.1, 0.15) is 0 Å². The van der Waals surface area contributed by atoms with Crippen LogP contribution in [0.25, 0.3) is 10.9 Å². The molecule has 0 saturated carbocycles. The number of benzene rings is 1. The highest BCUT2D eigenvalue weighted by molar-refractivity contribution is 5.85. The van der Waals surface area contributed by atoms with E-state index in [1.54, 1.807) is 6.20 Å². The van der Waals surface area contributed by atoms with Crippen molar-refractivity contribution >= 4 is 29.0 Å². The van der Waals surface area contributed by atoms with Gasteiger partial charge < -0.3 is 5.73 Å². The summed E-state index contributed by atoms with van der Waals surface area (Å²) in [5.41, 5.74) is 7.28. The number of H-pyrrole nitrogens is 1. The van der Waals surface area contributed by atoms with Crippen LogP contribution in [0, 0.1) is 0 Å². The minimum Gasteiger partial charge on any atom is -0.399 e. The Morgan fingerprint density at radius 1 is 1.36 bits per heavy atom. The third-order valence-corrected chi connectivity index (χ3v) is 1.47. The van der Waals surface area contributed by atoms with Gasteiger partial charge in [-0.1, -0.05) is 0 Å². The van der Waals surface area contributed by atoms with E-state index < -0.39 is 0 Å². The van der Waals surface area contributed by atoms with Gasteiger partial charge in [-0.3, -0.25) is 5.10 Å². The van der Waals surface area contributed by atoms with E-state index in [1.807, 2.05) is 18.2 Å².